The first-order valence-electron chi connectivity index (χ1n) is 6.14. The van der Waals surface area contributed by atoms with Gasteiger partial charge in [-0.1, -0.05) is 0 Å². The molecule has 22 heavy (non-hydrogen) atoms. The average Bonchev–Trinajstić information content (AvgIpc) is 2.48. The summed E-state index contributed by atoms with van der Waals surface area (Å²) in [7, 11) is 0. The predicted molar refractivity (Wildman–Crippen MR) is 72.6 cm³/mol. The molecule has 0 N–H and O–H groups in total. The summed E-state index contributed by atoms with van der Waals surface area (Å²) < 4.78 is 9.75. The highest BCUT2D eigenvalue weighted by molar-refractivity contribution is 5.65. The smallest absolute Gasteiger partial charge is 0.399 e. The summed E-state index contributed by atoms with van der Waals surface area (Å²) in [5.41, 5.74) is -0.0933. The van der Waals surface area contributed by atoms with Gasteiger partial charge in [0.1, 0.15) is 11.5 Å². The van der Waals surface area contributed by atoms with E-state index >= 15 is 0 Å². The van der Waals surface area contributed by atoms with Crippen molar-refractivity contribution in [1.29, 1.82) is 0 Å². The third-order valence-corrected chi connectivity index (χ3v) is 2.79. The summed E-state index contributed by atoms with van der Waals surface area (Å²) in [6.07, 6.45) is 1.95. The second-order valence-electron chi connectivity index (χ2n) is 4.25. The number of hydrogen-bond acceptors (Lipinski definition) is 7. The Hall–Kier alpha value is -3.23. The SMILES string of the molecule is O=C(OC1=CC=C([N+](=O)[O-])CC1)Oc1ccc([N+](=O)[O-])cc1. The number of carbonyl (C=O) groups is 1. The summed E-state index contributed by atoms with van der Waals surface area (Å²) in [6, 6.07) is 4.90. The van der Waals surface area contributed by atoms with Crippen LogP contribution in [0.15, 0.2) is 47.9 Å². The summed E-state index contributed by atoms with van der Waals surface area (Å²) in [6.45, 7) is 0. The molecule has 0 aromatic heterocycles. The van der Waals surface area contributed by atoms with Crippen molar-refractivity contribution < 1.29 is 24.1 Å². The molecule has 0 spiro atoms. The fourth-order valence-electron chi connectivity index (χ4n) is 1.70. The van der Waals surface area contributed by atoms with Crippen molar-refractivity contribution in [3.05, 3.63) is 68.1 Å². The molecular formula is C13H10N2O7. The van der Waals surface area contributed by atoms with Crippen molar-refractivity contribution in [2.75, 3.05) is 0 Å². The first-order valence-corrected chi connectivity index (χ1v) is 6.14. The summed E-state index contributed by atoms with van der Waals surface area (Å²) in [4.78, 5) is 31.5. The maximum Gasteiger partial charge on any atom is 0.519 e. The van der Waals surface area contributed by atoms with E-state index < -0.39 is 16.0 Å². The molecule has 0 atom stereocenters. The van der Waals surface area contributed by atoms with Crippen LogP contribution in [0.25, 0.3) is 0 Å². The van der Waals surface area contributed by atoms with Crippen molar-refractivity contribution in [2.45, 2.75) is 12.8 Å². The van der Waals surface area contributed by atoms with Crippen molar-refractivity contribution in [3.8, 4) is 5.75 Å². The van der Waals surface area contributed by atoms with Gasteiger partial charge < -0.3 is 9.47 Å². The van der Waals surface area contributed by atoms with Crippen molar-refractivity contribution >= 4 is 11.8 Å². The molecule has 9 heteroatoms. The third kappa shape index (κ3) is 3.88. The number of rotatable bonds is 4. The lowest BCUT2D eigenvalue weighted by atomic mass is 10.1. The molecule has 0 aliphatic heterocycles. The zero-order chi connectivity index (χ0) is 16.1. The number of benzene rings is 1. The zero-order valence-electron chi connectivity index (χ0n) is 11.1. The molecule has 1 aliphatic carbocycles. The number of nitrogens with zero attached hydrogens (tertiary/aromatic N) is 2. The number of carbonyl (C=O) groups excluding carboxylic acids is 1. The van der Waals surface area contributed by atoms with E-state index in [0.717, 1.165) is 0 Å². The van der Waals surface area contributed by atoms with E-state index in [1.54, 1.807) is 0 Å². The van der Waals surface area contributed by atoms with E-state index in [0.29, 0.717) is 0 Å². The summed E-state index contributed by atoms with van der Waals surface area (Å²) in [5.74, 6) is 0.339. The molecule has 1 aliphatic rings. The second-order valence-corrected chi connectivity index (χ2v) is 4.25. The molecule has 0 radical (unpaired) electrons. The zero-order valence-corrected chi connectivity index (χ0v) is 11.1. The van der Waals surface area contributed by atoms with Gasteiger partial charge in [-0.25, -0.2) is 4.79 Å². The van der Waals surface area contributed by atoms with E-state index in [9.17, 15) is 25.0 Å². The fraction of sp³-hybridized carbons (Fsp3) is 0.154. The van der Waals surface area contributed by atoms with Crippen LogP contribution in [0.2, 0.25) is 0 Å². The molecule has 0 saturated carbocycles. The monoisotopic (exact) mass is 306 g/mol. The predicted octanol–water partition coefficient (Wildman–Crippen LogP) is 2.95. The molecule has 0 bridgehead atoms. The van der Waals surface area contributed by atoms with Crippen molar-refractivity contribution in [3.63, 3.8) is 0 Å². The molecule has 1 aromatic carbocycles. The molecule has 1 aromatic rings. The van der Waals surface area contributed by atoms with Gasteiger partial charge in [0.2, 0.25) is 5.70 Å². The Morgan fingerprint density at radius 2 is 1.64 bits per heavy atom. The number of nitro benzene ring substituents is 1. The van der Waals surface area contributed by atoms with Crippen LogP contribution in [-0.4, -0.2) is 16.0 Å². The molecule has 0 unspecified atom stereocenters. The van der Waals surface area contributed by atoms with E-state index in [4.69, 9.17) is 9.47 Å². The van der Waals surface area contributed by atoms with Crippen molar-refractivity contribution in [2.24, 2.45) is 0 Å². The van der Waals surface area contributed by atoms with E-state index in [2.05, 4.69) is 0 Å². The van der Waals surface area contributed by atoms with Crippen LogP contribution >= 0.6 is 0 Å². The molecule has 0 saturated heterocycles. The van der Waals surface area contributed by atoms with Crippen LogP contribution < -0.4 is 4.74 Å². The second kappa shape index (κ2) is 6.48. The Balaban J connectivity index is 1.93. The van der Waals surface area contributed by atoms with Gasteiger partial charge in [-0.2, -0.15) is 0 Å². The standard InChI is InChI=1S/C13H10N2O7/c16-13(21-11-5-1-9(2-6-11)14(17)18)22-12-7-3-10(4-8-12)15(19)20/h1-3,5-7H,4,8H2. The third-order valence-electron chi connectivity index (χ3n) is 2.79. The molecular weight excluding hydrogens is 296 g/mol. The Kier molecular flexibility index (Phi) is 4.47. The van der Waals surface area contributed by atoms with E-state index in [1.807, 2.05) is 0 Å². The molecule has 0 amide bonds. The first-order chi connectivity index (χ1) is 10.5. The highest BCUT2D eigenvalue weighted by Gasteiger charge is 2.18. The molecule has 114 valence electrons. The lowest BCUT2D eigenvalue weighted by Gasteiger charge is -2.10. The number of non-ortho nitro benzene ring substituents is 1. The largest absolute Gasteiger partial charge is 0.519 e. The number of hydrogen-bond donors (Lipinski definition) is 0. The Morgan fingerprint density at radius 1 is 0.955 bits per heavy atom. The number of ether oxygens (including phenoxy) is 2. The highest BCUT2D eigenvalue weighted by Crippen LogP contribution is 2.21. The lowest BCUT2D eigenvalue weighted by Crippen LogP contribution is -2.12. The van der Waals surface area contributed by atoms with Crippen LogP contribution in [0, 0.1) is 20.2 Å². The summed E-state index contributed by atoms with van der Waals surface area (Å²) >= 11 is 0. The number of nitro groups is 2. The van der Waals surface area contributed by atoms with Gasteiger partial charge in [-0.05, 0) is 18.2 Å². The molecule has 9 nitrogen and oxygen atoms in total. The van der Waals surface area contributed by atoms with Crippen LogP contribution in [0.1, 0.15) is 12.8 Å². The molecule has 0 heterocycles. The lowest BCUT2D eigenvalue weighted by molar-refractivity contribution is -0.428. The topological polar surface area (TPSA) is 122 Å². The minimum Gasteiger partial charge on any atom is -0.399 e. The number of allylic oxidation sites excluding steroid dienone is 4. The quantitative estimate of drug-likeness (QED) is 0.362. The Bertz CT molecular complexity index is 676. The molecule has 0 fully saturated rings. The van der Waals surface area contributed by atoms with E-state index in [-0.39, 0.29) is 35.7 Å². The highest BCUT2D eigenvalue weighted by atomic mass is 16.7. The van der Waals surface area contributed by atoms with Crippen LogP contribution in [0.5, 0.6) is 5.75 Å². The Morgan fingerprint density at radius 3 is 2.14 bits per heavy atom. The summed E-state index contributed by atoms with van der Waals surface area (Å²) in [5, 5.41) is 21.0. The maximum atomic E-state index is 11.5. The molecule has 2 rings (SSSR count). The minimum atomic E-state index is -1.02. The van der Waals surface area contributed by atoms with Gasteiger partial charge >= 0.3 is 6.16 Å². The van der Waals surface area contributed by atoms with Crippen molar-refractivity contribution in [1.82, 2.24) is 0 Å². The maximum absolute atomic E-state index is 11.5. The Labute approximate surface area is 123 Å². The van der Waals surface area contributed by atoms with Gasteiger partial charge in [0, 0.05) is 31.1 Å². The normalized spacial score (nSPS) is 13.6. The van der Waals surface area contributed by atoms with Gasteiger partial charge in [-0.3, -0.25) is 20.2 Å². The first kappa shape index (κ1) is 15.2. The van der Waals surface area contributed by atoms with E-state index in [1.165, 1.54) is 36.4 Å². The van der Waals surface area contributed by atoms with Crippen LogP contribution in [-0.2, 0) is 4.74 Å². The average molecular weight is 306 g/mol. The fourth-order valence-corrected chi connectivity index (χ4v) is 1.70. The van der Waals surface area contributed by atoms with Gasteiger partial charge in [0.15, 0.2) is 0 Å². The minimum absolute atomic E-state index is 0.0380. The van der Waals surface area contributed by atoms with Gasteiger partial charge in [0.25, 0.3) is 5.69 Å². The van der Waals surface area contributed by atoms with Gasteiger partial charge in [-0.15, -0.1) is 0 Å². The van der Waals surface area contributed by atoms with Crippen LogP contribution in [0.4, 0.5) is 10.5 Å². The van der Waals surface area contributed by atoms with Gasteiger partial charge in [0.05, 0.1) is 9.85 Å². The van der Waals surface area contributed by atoms with Crippen LogP contribution in [0.3, 0.4) is 0 Å².